The second-order valence-electron chi connectivity index (χ2n) is 4.38. The standard InChI is InChI=1S/C16H14BrNO4/c1-21-16(20)12-4-2-11(3-5-12)10-18-15(19)9-7-13-6-8-14(17)22-13/h2-9H,10H2,1H3,(H,18,19). The molecule has 6 heteroatoms. The molecule has 0 saturated heterocycles. The molecule has 0 saturated carbocycles. The van der Waals surface area contributed by atoms with Crippen molar-refractivity contribution in [3.05, 3.63) is 64.0 Å². The van der Waals surface area contributed by atoms with Crippen molar-refractivity contribution in [1.29, 1.82) is 0 Å². The Balaban J connectivity index is 1.85. The van der Waals surface area contributed by atoms with Crippen LogP contribution in [0.5, 0.6) is 0 Å². The Hall–Kier alpha value is -2.34. The van der Waals surface area contributed by atoms with Crippen molar-refractivity contribution in [2.45, 2.75) is 6.54 Å². The molecule has 1 heterocycles. The molecule has 22 heavy (non-hydrogen) atoms. The minimum absolute atomic E-state index is 0.232. The SMILES string of the molecule is COC(=O)c1ccc(CNC(=O)C=Cc2ccc(Br)o2)cc1. The molecule has 2 rings (SSSR count). The molecule has 0 spiro atoms. The number of hydrogen-bond acceptors (Lipinski definition) is 4. The van der Waals surface area contributed by atoms with Gasteiger partial charge in [0.05, 0.1) is 12.7 Å². The molecular formula is C16H14BrNO4. The molecule has 0 aliphatic carbocycles. The number of halogens is 1. The molecule has 0 aliphatic heterocycles. The van der Waals surface area contributed by atoms with Gasteiger partial charge >= 0.3 is 5.97 Å². The van der Waals surface area contributed by atoms with E-state index in [1.165, 1.54) is 13.2 Å². The summed E-state index contributed by atoms with van der Waals surface area (Å²) in [6.07, 6.45) is 2.98. The number of carbonyl (C=O) groups is 2. The lowest BCUT2D eigenvalue weighted by Gasteiger charge is -2.04. The van der Waals surface area contributed by atoms with E-state index in [4.69, 9.17) is 4.42 Å². The Kier molecular flexibility index (Phi) is 5.55. The summed E-state index contributed by atoms with van der Waals surface area (Å²) in [6, 6.07) is 10.3. The van der Waals surface area contributed by atoms with Crippen LogP contribution in [0.15, 0.2) is 51.6 Å². The first-order valence-electron chi connectivity index (χ1n) is 6.47. The minimum Gasteiger partial charge on any atom is -0.465 e. The number of rotatable bonds is 5. The van der Waals surface area contributed by atoms with E-state index in [1.807, 2.05) is 0 Å². The van der Waals surface area contributed by atoms with Gasteiger partial charge in [0.25, 0.3) is 0 Å². The molecule has 1 amide bonds. The number of nitrogens with one attached hydrogen (secondary N) is 1. The molecule has 5 nitrogen and oxygen atoms in total. The summed E-state index contributed by atoms with van der Waals surface area (Å²) in [5.41, 5.74) is 1.36. The van der Waals surface area contributed by atoms with Crippen LogP contribution in [-0.4, -0.2) is 19.0 Å². The van der Waals surface area contributed by atoms with Crippen LogP contribution in [0, 0.1) is 0 Å². The first-order valence-corrected chi connectivity index (χ1v) is 7.26. The van der Waals surface area contributed by atoms with Crippen LogP contribution >= 0.6 is 15.9 Å². The first kappa shape index (κ1) is 16.0. The van der Waals surface area contributed by atoms with Crippen LogP contribution in [0.1, 0.15) is 21.7 Å². The molecule has 0 bridgehead atoms. The summed E-state index contributed by atoms with van der Waals surface area (Å²) in [4.78, 5) is 23.0. The van der Waals surface area contributed by atoms with Crippen LogP contribution < -0.4 is 5.32 Å². The van der Waals surface area contributed by atoms with E-state index in [2.05, 4.69) is 26.0 Å². The second kappa shape index (κ2) is 7.61. The number of carbonyl (C=O) groups excluding carboxylic acids is 2. The molecule has 114 valence electrons. The fraction of sp³-hybridized carbons (Fsp3) is 0.125. The molecular weight excluding hydrogens is 350 g/mol. The Morgan fingerprint density at radius 2 is 1.95 bits per heavy atom. The van der Waals surface area contributed by atoms with E-state index in [1.54, 1.807) is 42.5 Å². The predicted molar refractivity (Wildman–Crippen MR) is 85.1 cm³/mol. The van der Waals surface area contributed by atoms with Gasteiger partial charge in [-0.1, -0.05) is 12.1 Å². The Labute approximate surface area is 136 Å². The van der Waals surface area contributed by atoms with E-state index >= 15 is 0 Å². The monoisotopic (exact) mass is 363 g/mol. The fourth-order valence-corrected chi connectivity index (χ4v) is 2.02. The maximum Gasteiger partial charge on any atom is 0.337 e. The summed E-state index contributed by atoms with van der Waals surface area (Å²) in [5.74, 6) is -0.0304. The van der Waals surface area contributed by atoms with Gasteiger partial charge in [-0.15, -0.1) is 0 Å². The zero-order valence-electron chi connectivity index (χ0n) is 11.8. The zero-order chi connectivity index (χ0) is 15.9. The summed E-state index contributed by atoms with van der Waals surface area (Å²) < 4.78 is 10.5. The van der Waals surface area contributed by atoms with Crippen LogP contribution in [0.25, 0.3) is 6.08 Å². The molecule has 0 radical (unpaired) electrons. The number of benzene rings is 1. The number of furan rings is 1. The number of amides is 1. The summed E-state index contributed by atoms with van der Waals surface area (Å²) >= 11 is 3.19. The average Bonchev–Trinajstić information content (AvgIpc) is 2.96. The van der Waals surface area contributed by atoms with E-state index < -0.39 is 0 Å². The maximum absolute atomic E-state index is 11.7. The normalized spacial score (nSPS) is 10.6. The molecule has 0 atom stereocenters. The summed E-state index contributed by atoms with van der Waals surface area (Å²) in [7, 11) is 1.33. The molecule has 0 aliphatic rings. The lowest BCUT2D eigenvalue weighted by Crippen LogP contribution is -2.20. The Morgan fingerprint density at radius 3 is 2.55 bits per heavy atom. The van der Waals surface area contributed by atoms with E-state index in [0.29, 0.717) is 22.5 Å². The number of methoxy groups -OCH3 is 1. The molecule has 1 aromatic carbocycles. The van der Waals surface area contributed by atoms with Crippen LogP contribution in [-0.2, 0) is 16.1 Å². The van der Waals surface area contributed by atoms with Crippen molar-refractivity contribution in [1.82, 2.24) is 5.32 Å². The van der Waals surface area contributed by atoms with E-state index in [-0.39, 0.29) is 11.9 Å². The molecule has 2 aromatic rings. The van der Waals surface area contributed by atoms with Crippen LogP contribution in [0.2, 0.25) is 0 Å². The third-order valence-electron chi connectivity index (χ3n) is 2.83. The van der Waals surface area contributed by atoms with E-state index in [9.17, 15) is 9.59 Å². The second-order valence-corrected chi connectivity index (χ2v) is 5.16. The Bertz CT molecular complexity index is 688. The number of hydrogen-bond donors (Lipinski definition) is 1. The van der Waals surface area contributed by atoms with Gasteiger partial charge in [0, 0.05) is 12.6 Å². The van der Waals surface area contributed by atoms with Gasteiger partial charge in [0.15, 0.2) is 4.67 Å². The lowest BCUT2D eigenvalue weighted by molar-refractivity contribution is -0.116. The average molecular weight is 364 g/mol. The molecule has 1 N–H and O–H groups in total. The predicted octanol–water partition coefficient (Wildman–Crippen LogP) is 3.16. The first-order chi connectivity index (χ1) is 10.6. The smallest absolute Gasteiger partial charge is 0.337 e. The highest BCUT2D eigenvalue weighted by Crippen LogP contribution is 2.14. The highest BCUT2D eigenvalue weighted by atomic mass is 79.9. The highest BCUT2D eigenvalue weighted by molar-refractivity contribution is 9.10. The molecule has 0 unspecified atom stereocenters. The maximum atomic E-state index is 11.7. The summed E-state index contributed by atoms with van der Waals surface area (Å²) in [6.45, 7) is 0.368. The van der Waals surface area contributed by atoms with Crippen molar-refractivity contribution in [3.8, 4) is 0 Å². The molecule has 1 aromatic heterocycles. The van der Waals surface area contributed by atoms with Gasteiger partial charge in [-0.25, -0.2) is 4.79 Å². The van der Waals surface area contributed by atoms with Gasteiger partial charge in [-0.2, -0.15) is 0 Å². The van der Waals surface area contributed by atoms with Gasteiger partial charge in [0.2, 0.25) is 5.91 Å². The largest absolute Gasteiger partial charge is 0.465 e. The van der Waals surface area contributed by atoms with Crippen molar-refractivity contribution in [3.63, 3.8) is 0 Å². The number of esters is 1. The summed E-state index contributed by atoms with van der Waals surface area (Å²) in [5, 5.41) is 2.74. The topological polar surface area (TPSA) is 68.5 Å². The van der Waals surface area contributed by atoms with Gasteiger partial charge in [-0.05, 0) is 51.8 Å². The third-order valence-corrected chi connectivity index (χ3v) is 3.26. The lowest BCUT2D eigenvalue weighted by atomic mass is 10.1. The third kappa shape index (κ3) is 4.60. The highest BCUT2D eigenvalue weighted by Gasteiger charge is 2.04. The Morgan fingerprint density at radius 1 is 1.23 bits per heavy atom. The van der Waals surface area contributed by atoms with Crippen molar-refractivity contribution in [2.24, 2.45) is 0 Å². The number of ether oxygens (including phenoxy) is 1. The van der Waals surface area contributed by atoms with Gasteiger partial charge in [0.1, 0.15) is 5.76 Å². The minimum atomic E-state index is -0.386. The van der Waals surface area contributed by atoms with Crippen molar-refractivity contribution < 1.29 is 18.7 Å². The van der Waals surface area contributed by atoms with Crippen LogP contribution in [0.4, 0.5) is 0 Å². The van der Waals surface area contributed by atoms with E-state index in [0.717, 1.165) is 5.56 Å². The van der Waals surface area contributed by atoms with Gasteiger partial charge < -0.3 is 14.5 Å². The molecule has 0 fully saturated rings. The van der Waals surface area contributed by atoms with Gasteiger partial charge in [-0.3, -0.25) is 4.79 Å². The van der Waals surface area contributed by atoms with Crippen molar-refractivity contribution >= 4 is 33.9 Å². The van der Waals surface area contributed by atoms with Crippen LogP contribution in [0.3, 0.4) is 0 Å². The fourth-order valence-electron chi connectivity index (χ4n) is 1.70. The quantitative estimate of drug-likeness (QED) is 0.654. The van der Waals surface area contributed by atoms with Crippen molar-refractivity contribution in [2.75, 3.05) is 7.11 Å². The zero-order valence-corrected chi connectivity index (χ0v) is 13.4.